The first-order valence-corrected chi connectivity index (χ1v) is 9.84. The Morgan fingerprint density at radius 3 is 2.57 bits per heavy atom. The molecule has 2 atom stereocenters. The third kappa shape index (κ3) is 2.29. The van der Waals surface area contributed by atoms with Crippen molar-refractivity contribution >= 4 is 5.91 Å². The van der Waals surface area contributed by atoms with E-state index in [0.717, 1.165) is 30.5 Å². The third-order valence-corrected chi connectivity index (χ3v) is 6.95. The molecule has 4 rings (SSSR count). The van der Waals surface area contributed by atoms with Gasteiger partial charge < -0.3 is 4.90 Å². The largest absolute Gasteiger partial charge is 0.334 e. The van der Waals surface area contributed by atoms with E-state index in [2.05, 4.69) is 24.0 Å². The van der Waals surface area contributed by atoms with Gasteiger partial charge >= 0.3 is 0 Å². The Kier molecular flexibility index (Phi) is 4.28. The number of rotatable bonds is 4. The van der Waals surface area contributed by atoms with E-state index >= 15 is 0 Å². The first kappa shape index (κ1) is 19.0. The second kappa shape index (κ2) is 6.33. The van der Waals surface area contributed by atoms with Crippen LogP contribution in [-0.2, 0) is 10.3 Å². The van der Waals surface area contributed by atoms with E-state index in [1.54, 1.807) is 6.07 Å². The summed E-state index contributed by atoms with van der Waals surface area (Å²) in [6, 6.07) is 5.56. The molecular weight excluding hydrogens is 360 g/mol. The zero-order valence-electron chi connectivity index (χ0n) is 16.7. The molecule has 2 aromatic rings. The fraction of sp³-hybridized carbons (Fsp3) is 0.500. The molecule has 0 saturated heterocycles. The minimum atomic E-state index is -0.651. The molecule has 0 N–H and O–H groups in total. The van der Waals surface area contributed by atoms with Gasteiger partial charge in [-0.05, 0) is 48.9 Å². The van der Waals surface area contributed by atoms with Crippen molar-refractivity contribution in [2.45, 2.75) is 57.9 Å². The fourth-order valence-corrected chi connectivity index (χ4v) is 5.50. The summed E-state index contributed by atoms with van der Waals surface area (Å²) in [5.74, 6) is -1.04. The lowest BCUT2D eigenvalue weighted by Crippen LogP contribution is -2.52. The predicted molar refractivity (Wildman–Crippen MR) is 102 cm³/mol. The molecular formula is C22H25F2N3O. The fourth-order valence-electron chi connectivity index (χ4n) is 5.50. The van der Waals surface area contributed by atoms with Crippen LogP contribution in [0.5, 0.6) is 0 Å². The molecule has 6 heteroatoms. The first-order chi connectivity index (χ1) is 13.3. The summed E-state index contributed by atoms with van der Waals surface area (Å²) in [5, 5.41) is 8.65. The number of hydrogen-bond acceptors (Lipinski definition) is 3. The van der Waals surface area contributed by atoms with E-state index in [1.165, 1.54) is 18.2 Å². The van der Waals surface area contributed by atoms with Crippen molar-refractivity contribution in [1.82, 2.24) is 15.1 Å². The summed E-state index contributed by atoms with van der Waals surface area (Å²) < 4.78 is 28.5. The zero-order chi connectivity index (χ0) is 20.3. The lowest BCUT2D eigenvalue weighted by Gasteiger charge is -2.45. The average Bonchev–Trinajstić information content (AvgIpc) is 3.03. The van der Waals surface area contributed by atoms with Gasteiger partial charge in [0, 0.05) is 18.9 Å². The number of hydrogen-bond donors (Lipinski definition) is 0. The van der Waals surface area contributed by atoms with Crippen molar-refractivity contribution < 1.29 is 13.6 Å². The lowest BCUT2D eigenvalue weighted by molar-refractivity contribution is -0.140. The van der Waals surface area contributed by atoms with E-state index in [1.807, 2.05) is 18.9 Å². The Labute approximate surface area is 164 Å². The summed E-state index contributed by atoms with van der Waals surface area (Å²) in [7, 11) is 1.85. The molecule has 2 aliphatic rings. The highest BCUT2D eigenvalue weighted by Gasteiger charge is 2.66. The van der Waals surface area contributed by atoms with Gasteiger partial charge in [-0.1, -0.05) is 26.8 Å². The van der Waals surface area contributed by atoms with Crippen LogP contribution in [0.25, 0.3) is 11.3 Å². The molecule has 0 aliphatic heterocycles. The lowest BCUT2D eigenvalue weighted by atomic mass is 9.74. The van der Waals surface area contributed by atoms with Crippen LogP contribution in [0.1, 0.15) is 63.6 Å². The SMILES string of the molecule is CCCC(=O)N(C)[C@@]12CC[C@@H](c3cc(-c4c(F)cccc4F)nnc31)C2(C)C. The van der Waals surface area contributed by atoms with Crippen molar-refractivity contribution in [2.24, 2.45) is 5.41 Å². The summed E-state index contributed by atoms with van der Waals surface area (Å²) in [4.78, 5) is 14.6. The summed E-state index contributed by atoms with van der Waals surface area (Å²) >= 11 is 0. The molecule has 1 aromatic heterocycles. The van der Waals surface area contributed by atoms with Crippen LogP contribution in [0, 0.1) is 17.0 Å². The number of fused-ring (bicyclic) bond motifs is 5. The van der Waals surface area contributed by atoms with Crippen molar-refractivity contribution in [3.05, 3.63) is 47.2 Å². The number of carbonyl (C=O) groups excluding carboxylic acids is 1. The van der Waals surface area contributed by atoms with E-state index in [0.29, 0.717) is 6.42 Å². The molecule has 1 heterocycles. The summed E-state index contributed by atoms with van der Waals surface area (Å²) in [6.07, 6.45) is 3.01. The zero-order valence-corrected chi connectivity index (χ0v) is 16.7. The smallest absolute Gasteiger partial charge is 0.223 e. The average molecular weight is 385 g/mol. The Balaban J connectivity index is 1.86. The van der Waals surface area contributed by atoms with Crippen LogP contribution in [0.2, 0.25) is 0 Å². The maximum absolute atomic E-state index is 14.3. The van der Waals surface area contributed by atoms with Crippen molar-refractivity contribution in [1.29, 1.82) is 0 Å². The van der Waals surface area contributed by atoms with Crippen LogP contribution in [-0.4, -0.2) is 28.1 Å². The van der Waals surface area contributed by atoms with Gasteiger partial charge in [0.05, 0.1) is 22.5 Å². The maximum Gasteiger partial charge on any atom is 0.223 e. The molecule has 4 nitrogen and oxygen atoms in total. The number of halogens is 2. The van der Waals surface area contributed by atoms with Crippen molar-refractivity contribution in [2.75, 3.05) is 7.05 Å². The number of benzene rings is 1. The van der Waals surface area contributed by atoms with Gasteiger partial charge in [-0.3, -0.25) is 4.79 Å². The molecule has 28 heavy (non-hydrogen) atoms. The normalized spacial score (nSPS) is 24.3. The van der Waals surface area contributed by atoms with E-state index < -0.39 is 17.2 Å². The molecule has 0 radical (unpaired) electrons. The number of aromatic nitrogens is 2. The molecule has 0 unspecified atom stereocenters. The van der Waals surface area contributed by atoms with Crippen LogP contribution >= 0.6 is 0 Å². The Morgan fingerprint density at radius 2 is 1.93 bits per heavy atom. The van der Waals surface area contributed by atoms with E-state index in [-0.39, 0.29) is 28.5 Å². The van der Waals surface area contributed by atoms with Gasteiger partial charge in [0.25, 0.3) is 0 Å². The predicted octanol–water partition coefficient (Wildman–Crippen LogP) is 4.79. The first-order valence-electron chi connectivity index (χ1n) is 9.84. The molecule has 148 valence electrons. The molecule has 0 spiro atoms. The standard InChI is InChI=1S/C22H25F2N3O/c1-5-7-18(28)27(4)22-11-10-14(21(22,2)3)13-12-17(25-26-20(13)22)19-15(23)8-6-9-16(19)24/h6,8-9,12,14H,5,7,10-11H2,1-4H3/t14-,22-/m0/s1. The van der Waals surface area contributed by atoms with Gasteiger partial charge in [0.1, 0.15) is 11.6 Å². The quantitative estimate of drug-likeness (QED) is 0.760. The van der Waals surface area contributed by atoms with Gasteiger partial charge in [-0.2, -0.15) is 5.10 Å². The third-order valence-electron chi connectivity index (χ3n) is 6.95. The van der Waals surface area contributed by atoms with Crippen molar-refractivity contribution in [3.63, 3.8) is 0 Å². The highest BCUT2D eigenvalue weighted by molar-refractivity contribution is 5.78. The minimum Gasteiger partial charge on any atom is -0.334 e. The van der Waals surface area contributed by atoms with Crippen molar-refractivity contribution in [3.8, 4) is 11.3 Å². The second-order valence-electron chi connectivity index (χ2n) is 8.51. The van der Waals surface area contributed by atoms with Gasteiger partial charge in [-0.15, -0.1) is 5.10 Å². The second-order valence-corrected chi connectivity index (χ2v) is 8.51. The van der Waals surface area contributed by atoms with Crippen LogP contribution in [0.4, 0.5) is 8.78 Å². The summed E-state index contributed by atoms with van der Waals surface area (Å²) in [6.45, 7) is 6.31. The minimum absolute atomic E-state index is 0.0927. The van der Waals surface area contributed by atoms with Crippen LogP contribution in [0.15, 0.2) is 24.3 Å². The molecule has 1 saturated carbocycles. The Hall–Kier alpha value is -2.37. The van der Waals surface area contributed by atoms with Gasteiger partial charge in [-0.25, -0.2) is 8.78 Å². The Morgan fingerprint density at radius 1 is 1.25 bits per heavy atom. The highest BCUT2D eigenvalue weighted by atomic mass is 19.1. The topological polar surface area (TPSA) is 46.1 Å². The van der Waals surface area contributed by atoms with Crippen LogP contribution in [0.3, 0.4) is 0 Å². The van der Waals surface area contributed by atoms with Crippen LogP contribution < -0.4 is 0 Å². The number of carbonyl (C=O) groups is 1. The molecule has 2 bridgehead atoms. The molecule has 2 aliphatic carbocycles. The molecule has 1 amide bonds. The number of amides is 1. The molecule has 1 aromatic carbocycles. The summed E-state index contributed by atoms with van der Waals surface area (Å²) in [5.41, 5.74) is 1.03. The highest BCUT2D eigenvalue weighted by Crippen LogP contribution is 2.68. The van der Waals surface area contributed by atoms with Gasteiger partial charge in [0.15, 0.2) is 0 Å². The Bertz CT molecular complexity index is 939. The van der Waals surface area contributed by atoms with Gasteiger partial charge in [0.2, 0.25) is 5.91 Å². The number of nitrogens with zero attached hydrogens (tertiary/aromatic N) is 3. The molecule has 1 fully saturated rings. The van der Waals surface area contributed by atoms with E-state index in [4.69, 9.17) is 0 Å². The maximum atomic E-state index is 14.3. The van der Waals surface area contributed by atoms with E-state index in [9.17, 15) is 13.6 Å². The monoisotopic (exact) mass is 385 g/mol.